The Bertz CT molecular complexity index is 577. The molecule has 114 valence electrons. The second-order valence-electron chi connectivity index (χ2n) is 5.17. The quantitative estimate of drug-likeness (QED) is 0.888. The Balaban J connectivity index is 2.30. The number of halogens is 2. The topological polar surface area (TPSA) is 67.4 Å². The summed E-state index contributed by atoms with van der Waals surface area (Å²) in [5.74, 6) is -1.72. The van der Waals surface area contributed by atoms with Gasteiger partial charge in [-0.05, 0) is 32.0 Å². The first-order valence-corrected chi connectivity index (χ1v) is 6.45. The molecule has 2 atom stereocenters. The van der Waals surface area contributed by atoms with Gasteiger partial charge in [0.05, 0.1) is 12.1 Å². The number of morpholine rings is 1. The molecule has 0 saturated carbocycles. The van der Waals surface area contributed by atoms with Crippen LogP contribution in [0.2, 0.25) is 0 Å². The third kappa shape index (κ3) is 3.36. The molecular weight excluding hydrogens is 282 g/mol. The molecule has 1 heterocycles. The van der Waals surface area contributed by atoms with E-state index in [0.29, 0.717) is 0 Å². The Morgan fingerprint density at radius 3 is 2.86 bits per heavy atom. The standard InChI is InChI=1S/C14H16F2N2O3/c1-8(15)13(20)17-9-3-4-11(16)10(5-9)14(2)7-21-6-12(19)18-14/h3-5,8H,6-7H2,1-2H3,(H,17,20)(H,18,19). The first kappa shape index (κ1) is 15.4. The van der Waals surface area contributed by atoms with Crippen molar-refractivity contribution in [3.05, 3.63) is 29.6 Å². The van der Waals surface area contributed by atoms with Crippen molar-refractivity contribution in [2.75, 3.05) is 18.5 Å². The number of anilines is 1. The Morgan fingerprint density at radius 2 is 2.24 bits per heavy atom. The van der Waals surface area contributed by atoms with Crippen LogP contribution in [0, 0.1) is 5.82 Å². The number of carbonyl (C=O) groups is 2. The molecule has 0 radical (unpaired) electrons. The van der Waals surface area contributed by atoms with Gasteiger partial charge in [0, 0.05) is 11.3 Å². The van der Waals surface area contributed by atoms with Gasteiger partial charge in [0.15, 0.2) is 6.17 Å². The molecule has 5 nitrogen and oxygen atoms in total. The summed E-state index contributed by atoms with van der Waals surface area (Å²) in [4.78, 5) is 22.8. The monoisotopic (exact) mass is 298 g/mol. The summed E-state index contributed by atoms with van der Waals surface area (Å²) in [5, 5.41) is 5.00. The van der Waals surface area contributed by atoms with E-state index in [2.05, 4.69) is 10.6 Å². The lowest BCUT2D eigenvalue weighted by Gasteiger charge is -2.35. The summed E-state index contributed by atoms with van der Waals surface area (Å²) < 4.78 is 32.0. The molecule has 0 aliphatic carbocycles. The Hall–Kier alpha value is -2.02. The van der Waals surface area contributed by atoms with Gasteiger partial charge < -0.3 is 15.4 Å². The number of benzene rings is 1. The lowest BCUT2D eigenvalue weighted by molar-refractivity contribution is -0.135. The van der Waals surface area contributed by atoms with Gasteiger partial charge in [0.1, 0.15) is 12.4 Å². The molecule has 1 saturated heterocycles. The minimum Gasteiger partial charge on any atom is -0.369 e. The number of amides is 2. The predicted molar refractivity (Wildman–Crippen MR) is 71.9 cm³/mol. The third-order valence-corrected chi connectivity index (χ3v) is 3.23. The molecule has 1 aromatic rings. The van der Waals surface area contributed by atoms with Crippen LogP contribution in [0.3, 0.4) is 0 Å². The second kappa shape index (κ2) is 5.77. The highest BCUT2D eigenvalue weighted by atomic mass is 19.1. The fourth-order valence-corrected chi connectivity index (χ4v) is 2.14. The summed E-state index contributed by atoms with van der Waals surface area (Å²) in [5.41, 5.74) is -0.622. The molecule has 1 aliphatic heterocycles. The van der Waals surface area contributed by atoms with Crippen LogP contribution in [0.25, 0.3) is 0 Å². The van der Waals surface area contributed by atoms with E-state index < -0.39 is 23.4 Å². The van der Waals surface area contributed by atoms with Crippen molar-refractivity contribution in [1.82, 2.24) is 5.32 Å². The van der Waals surface area contributed by atoms with Crippen molar-refractivity contribution in [2.45, 2.75) is 25.6 Å². The summed E-state index contributed by atoms with van der Waals surface area (Å²) in [6, 6.07) is 3.85. The van der Waals surface area contributed by atoms with Crippen molar-refractivity contribution >= 4 is 17.5 Å². The molecule has 2 unspecified atom stereocenters. The van der Waals surface area contributed by atoms with Crippen molar-refractivity contribution in [3.63, 3.8) is 0 Å². The highest BCUT2D eigenvalue weighted by Crippen LogP contribution is 2.28. The summed E-state index contributed by atoms with van der Waals surface area (Å²) in [6.07, 6.45) is -1.67. The first-order valence-electron chi connectivity index (χ1n) is 6.45. The Kier molecular flexibility index (Phi) is 4.22. The second-order valence-corrected chi connectivity index (χ2v) is 5.17. The van der Waals surface area contributed by atoms with Crippen LogP contribution in [0.4, 0.5) is 14.5 Å². The molecule has 1 fully saturated rings. The van der Waals surface area contributed by atoms with Crippen molar-refractivity contribution in [2.24, 2.45) is 0 Å². The zero-order valence-electron chi connectivity index (χ0n) is 11.7. The predicted octanol–water partition coefficient (Wildman–Crippen LogP) is 1.48. The van der Waals surface area contributed by atoms with E-state index in [-0.39, 0.29) is 30.4 Å². The molecule has 2 amide bonds. The van der Waals surface area contributed by atoms with E-state index in [1.807, 2.05) is 0 Å². The molecule has 21 heavy (non-hydrogen) atoms. The van der Waals surface area contributed by atoms with Crippen LogP contribution in [0.1, 0.15) is 19.4 Å². The maximum atomic E-state index is 14.0. The van der Waals surface area contributed by atoms with Crippen LogP contribution in [-0.4, -0.2) is 31.2 Å². The first-order chi connectivity index (χ1) is 9.82. The van der Waals surface area contributed by atoms with Crippen LogP contribution in [0.5, 0.6) is 0 Å². The zero-order chi connectivity index (χ0) is 15.6. The smallest absolute Gasteiger partial charge is 0.258 e. The van der Waals surface area contributed by atoms with Gasteiger partial charge in [-0.1, -0.05) is 0 Å². The number of alkyl halides is 1. The molecule has 7 heteroatoms. The number of rotatable bonds is 3. The molecule has 1 aliphatic rings. The highest BCUT2D eigenvalue weighted by molar-refractivity contribution is 5.93. The summed E-state index contributed by atoms with van der Waals surface area (Å²) >= 11 is 0. The molecule has 0 bridgehead atoms. The van der Waals surface area contributed by atoms with E-state index in [1.54, 1.807) is 6.92 Å². The number of ether oxygens (including phenoxy) is 1. The third-order valence-electron chi connectivity index (χ3n) is 3.23. The van der Waals surface area contributed by atoms with E-state index in [4.69, 9.17) is 4.74 Å². The fraction of sp³-hybridized carbons (Fsp3) is 0.429. The average molecular weight is 298 g/mol. The largest absolute Gasteiger partial charge is 0.369 e. The molecular formula is C14H16F2N2O3. The highest BCUT2D eigenvalue weighted by Gasteiger charge is 2.35. The fourth-order valence-electron chi connectivity index (χ4n) is 2.14. The SMILES string of the molecule is CC(F)C(=O)Nc1ccc(F)c(C2(C)COCC(=O)N2)c1. The van der Waals surface area contributed by atoms with Gasteiger partial charge in [0.2, 0.25) is 5.91 Å². The maximum Gasteiger partial charge on any atom is 0.258 e. The van der Waals surface area contributed by atoms with Gasteiger partial charge in [-0.25, -0.2) is 8.78 Å². The van der Waals surface area contributed by atoms with E-state index >= 15 is 0 Å². The Labute approximate surface area is 120 Å². The lowest BCUT2D eigenvalue weighted by Crippen LogP contribution is -2.53. The van der Waals surface area contributed by atoms with Crippen LogP contribution < -0.4 is 10.6 Å². The minimum atomic E-state index is -1.67. The van der Waals surface area contributed by atoms with E-state index in [9.17, 15) is 18.4 Å². The van der Waals surface area contributed by atoms with Gasteiger partial charge in [-0.15, -0.1) is 0 Å². The van der Waals surface area contributed by atoms with Crippen LogP contribution in [-0.2, 0) is 19.9 Å². The van der Waals surface area contributed by atoms with E-state index in [1.165, 1.54) is 12.1 Å². The number of hydrogen-bond acceptors (Lipinski definition) is 3. The number of hydrogen-bond donors (Lipinski definition) is 2. The molecule has 1 aromatic carbocycles. The maximum absolute atomic E-state index is 14.0. The van der Waals surface area contributed by atoms with Crippen LogP contribution >= 0.6 is 0 Å². The molecule has 0 aromatic heterocycles. The average Bonchev–Trinajstić information content (AvgIpc) is 2.40. The van der Waals surface area contributed by atoms with Gasteiger partial charge in [-0.3, -0.25) is 9.59 Å². The van der Waals surface area contributed by atoms with Crippen molar-refractivity contribution < 1.29 is 23.1 Å². The summed E-state index contributed by atoms with van der Waals surface area (Å²) in [6.45, 7) is 2.75. The van der Waals surface area contributed by atoms with Gasteiger partial charge in [0.25, 0.3) is 5.91 Å². The number of nitrogens with one attached hydrogen (secondary N) is 2. The van der Waals surface area contributed by atoms with Crippen molar-refractivity contribution in [3.8, 4) is 0 Å². The van der Waals surface area contributed by atoms with E-state index in [0.717, 1.165) is 13.0 Å². The van der Waals surface area contributed by atoms with Crippen molar-refractivity contribution in [1.29, 1.82) is 0 Å². The number of carbonyl (C=O) groups excluding carboxylic acids is 2. The normalized spacial score (nSPS) is 23.3. The lowest BCUT2D eigenvalue weighted by atomic mass is 9.91. The van der Waals surface area contributed by atoms with Gasteiger partial charge >= 0.3 is 0 Å². The zero-order valence-corrected chi connectivity index (χ0v) is 11.7. The minimum absolute atomic E-state index is 0.0764. The molecule has 2 rings (SSSR count). The molecule has 0 spiro atoms. The van der Waals surface area contributed by atoms with Crippen LogP contribution in [0.15, 0.2) is 18.2 Å². The Morgan fingerprint density at radius 1 is 1.52 bits per heavy atom. The van der Waals surface area contributed by atoms with Gasteiger partial charge in [-0.2, -0.15) is 0 Å². The summed E-state index contributed by atoms with van der Waals surface area (Å²) in [7, 11) is 0. The molecule has 2 N–H and O–H groups in total.